The maximum absolute atomic E-state index is 12.5. The van der Waals surface area contributed by atoms with Crippen molar-refractivity contribution in [3.05, 3.63) is 60.8 Å². The molecule has 1 saturated heterocycles. The van der Waals surface area contributed by atoms with E-state index in [1.54, 1.807) is 13.1 Å². The summed E-state index contributed by atoms with van der Waals surface area (Å²) in [4.78, 5) is 37.6. The maximum Gasteiger partial charge on any atom is 0.240 e. The fourth-order valence-electron chi connectivity index (χ4n) is 4.54. The van der Waals surface area contributed by atoms with Gasteiger partial charge in [-0.05, 0) is 62.2 Å². The number of nitrogens with zero attached hydrogens (tertiary/aromatic N) is 4. The van der Waals surface area contributed by atoms with Crippen molar-refractivity contribution in [3.8, 4) is 11.3 Å². The second kappa shape index (κ2) is 11.0. The number of carbonyl (C=O) groups is 2. The number of amides is 2. The molecule has 2 amide bonds. The first-order chi connectivity index (χ1) is 18.0. The fraction of sp³-hybridized carbons (Fsp3) is 0.357. The van der Waals surface area contributed by atoms with Crippen molar-refractivity contribution in [2.45, 2.75) is 32.2 Å². The zero-order chi connectivity index (χ0) is 25.8. The number of aromatic nitrogens is 2. The lowest BCUT2D eigenvalue weighted by Gasteiger charge is -2.39. The molecule has 0 unspecified atom stereocenters. The van der Waals surface area contributed by atoms with Gasteiger partial charge in [-0.1, -0.05) is 18.6 Å². The van der Waals surface area contributed by atoms with E-state index < -0.39 is 6.04 Å². The number of hydrogen-bond donors (Lipinski definition) is 3. The molecule has 2 heterocycles. The van der Waals surface area contributed by atoms with Gasteiger partial charge in [0.25, 0.3) is 0 Å². The van der Waals surface area contributed by atoms with Gasteiger partial charge in [0.1, 0.15) is 0 Å². The third-order valence-electron chi connectivity index (χ3n) is 7.05. The Bertz CT molecular complexity index is 1230. The van der Waals surface area contributed by atoms with E-state index in [2.05, 4.69) is 37.6 Å². The van der Waals surface area contributed by atoms with Crippen molar-refractivity contribution >= 4 is 34.8 Å². The highest BCUT2D eigenvalue weighted by atomic mass is 16.2. The highest BCUT2D eigenvalue weighted by molar-refractivity contribution is 5.94. The SMILES string of the molecule is C[C@@H](N)C(=O)Nc1ccc(-c2ccnc(Nc3ccc(N4CCN(C(=O)C5CCC5)CC4)cc3)n2)cc1. The van der Waals surface area contributed by atoms with Crippen molar-refractivity contribution < 1.29 is 9.59 Å². The monoisotopic (exact) mass is 499 g/mol. The van der Waals surface area contributed by atoms with Gasteiger partial charge in [-0.25, -0.2) is 9.97 Å². The molecule has 37 heavy (non-hydrogen) atoms. The van der Waals surface area contributed by atoms with Crippen LogP contribution < -0.4 is 21.3 Å². The van der Waals surface area contributed by atoms with Crippen molar-refractivity contribution in [2.75, 3.05) is 41.7 Å². The van der Waals surface area contributed by atoms with Crippen LogP contribution in [0.5, 0.6) is 0 Å². The van der Waals surface area contributed by atoms with Crippen molar-refractivity contribution in [1.82, 2.24) is 14.9 Å². The maximum atomic E-state index is 12.5. The third kappa shape index (κ3) is 5.89. The van der Waals surface area contributed by atoms with E-state index in [0.717, 1.165) is 61.7 Å². The predicted molar refractivity (Wildman–Crippen MR) is 146 cm³/mol. The molecule has 1 aliphatic heterocycles. The number of benzene rings is 2. The molecule has 1 aromatic heterocycles. The lowest BCUT2D eigenvalue weighted by atomic mass is 9.84. The number of rotatable bonds is 7. The van der Waals surface area contributed by atoms with Gasteiger partial charge >= 0.3 is 0 Å². The van der Waals surface area contributed by atoms with Gasteiger partial charge in [0, 0.05) is 60.9 Å². The number of nitrogens with one attached hydrogen (secondary N) is 2. The molecule has 2 aliphatic rings. The largest absolute Gasteiger partial charge is 0.368 e. The third-order valence-corrected chi connectivity index (χ3v) is 7.05. The van der Waals surface area contributed by atoms with Crippen LogP contribution in [-0.4, -0.2) is 58.9 Å². The van der Waals surface area contributed by atoms with Crippen LogP contribution in [0.1, 0.15) is 26.2 Å². The summed E-state index contributed by atoms with van der Waals surface area (Å²) in [5.74, 6) is 0.887. The van der Waals surface area contributed by atoms with Crippen LogP contribution in [0.2, 0.25) is 0 Å². The van der Waals surface area contributed by atoms with E-state index in [1.165, 1.54) is 6.42 Å². The first kappa shape index (κ1) is 24.7. The number of nitrogens with two attached hydrogens (primary N) is 1. The first-order valence-corrected chi connectivity index (χ1v) is 12.9. The first-order valence-electron chi connectivity index (χ1n) is 12.9. The molecule has 0 radical (unpaired) electrons. The summed E-state index contributed by atoms with van der Waals surface area (Å²) in [6.45, 7) is 4.92. The summed E-state index contributed by atoms with van der Waals surface area (Å²) in [7, 11) is 0. The van der Waals surface area contributed by atoms with Crippen LogP contribution in [-0.2, 0) is 9.59 Å². The lowest BCUT2D eigenvalue weighted by molar-refractivity contribution is -0.138. The molecule has 4 N–H and O–H groups in total. The predicted octanol–water partition coefficient (Wildman–Crippen LogP) is 3.62. The van der Waals surface area contributed by atoms with Crippen LogP contribution in [0, 0.1) is 5.92 Å². The molecule has 5 rings (SSSR count). The Morgan fingerprint density at radius 2 is 1.62 bits per heavy atom. The van der Waals surface area contributed by atoms with Crippen molar-refractivity contribution in [3.63, 3.8) is 0 Å². The van der Waals surface area contributed by atoms with Crippen LogP contribution in [0.15, 0.2) is 60.8 Å². The smallest absolute Gasteiger partial charge is 0.240 e. The van der Waals surface area contributed by atoms with Gasteiger partial charge in [-0.2, -0.15) is 0 Å². The standard InChI is InChI=1S/C28H33N7O2/c1-19(29)26(36)31-22-7-5-20(6-8-22)25-13-14-30-28(33-25)32-23-9-11-24(12-10-23)34-15-17-35(18-16-34)27(37)21-3-2-4-21/h5-14,19,21H,2-4,15-18,29H2,1H3,(H,31,36)(H,30,32,33)/t19-/m1/s1. The zero-order valence-corrected chi connectivity index (χ0v) is 21.1. The van der Waals surface area contributed by atoms with Gasteiger partial charge in [-0.3, -0.25) is 9.59 Å². The summed E-state index contributed by atoms with van der Waals surface area (Å²) in [6.07, 6.45) is 5.02. The van der Waals surface area contributed by atoms with E-state index >= 15 is 0 Å². The molecule has 192 valence electrons. The van der Waals surface area contributed by atoms with Crippen molar-refractivity contribution in [1.29, 1.82) is 0 Å². The Kier molecular flexibility index (Phi) is 7.32. The average Bonchev–Trinajstić information content (AvgIpc) is 2.89. The Morgan fingerprint density at radius 1 is 0.946 bits per heavy atom. The Labute approximate surface area is 217 Å². The topological polar surface area (TPSA) is 116 Å². The fourth-order valence-corrected chi connectivity index (χ4v) is 4.54. The van der Waals surface area contributed by atoms with E-state index in [0.29, 0.717) is 17.5 Å². The molecule has 2 fully saturated rings. The molecular weight excluding hydrogens is 466 g/mol. The molecule has 9 heteroatoms. The second-order valence-corrected chi connectivity index (χ2v) is 9.73. The van der Waals surface area contributed by atoms with Crippen molar-refractivity contribution in [2.24, 2.45) is 11.7 Å². The molecule has 1 atom stereocenters. The Balaban J connectivity index is 1.17. The minimum atomic E-state index is -0.568. The Morgan fingerprint density at radius 3 is 2.24 bits per heavy atom. The Hall–Kier alpha value is -3.98. The summed E-state index contributed by atoms with van der Waals surface area (Å²) in [5, 5.41) is 6.06. The molecule has 9 nitrogen and oxygen atoms in total. The molecule has 0 bridgehead atoms. The molecule has 0 spiro atoms. The summed E-state index contributed by atoms with van der Waals surface area (Å²) in [6, 6.07) is 16.9. The lowest BCUT2D eigenvalue weighted by Crippen LogP contribution is -2.51. The molecule has 1 saturated carbocycles. The average molecular weight is 500 g/mol. The minimum Gasteiger partial charge on any atom is -0.368 e. The van der Waals surface area contributed by atoms with Gasteiger partial charge in [0.2, 0.25) is 17.8 Å². The zero-order valence-electron chi connectivity index (χ0n) is 21.1. The summed E-state index contributed by atoms with van der Waals surface area (Å²) < 4.78 is 0. The summed E-state index contributed by atoms with van der Waals surface area (Å²) in [5.41, 5.74) is 10.0. The molecule has 2 aromatic carbocycles. The molecule has 3 aromatic rings. The van der Waals surface area contributed by atoms with Crippen LogP contribution in [0.25, 0.3) is 11.3 Å². The highest BCUT2D eigenvalue weighted by Gasteiger charge is 2.31. The van der Waals surface area contributed by atoms with Crippen LogP contribution in [0.3, 0.4) is 0 Å². The minimum absolute atomic E-state index is 0.228. The van der Waals surface area contributed by atoms with Gasteiger partial charge in [0.05, 0.1) is 11.7 Å². The number of anilines is 4. The van der Waals surface area contributed by atoms with E-state index in [-0.39, 0.29) is 11.8 Å². The van der Waals surface area contributed by atoms with Gasteiger partial charge in [-0.15, -0.1) is 0 Å². The number of carbonyl (C=O) groups excluding carboxylic acids is 2. The van der Waals surface area contributed by atoms with E-state index in [4.69, 9.17) is 5.73 Å². The van der Waals surface area contributed by atoms with Crippen LogP contribution in [0.4, 0.5) is 23.0 Å². The van der Waals surface area contributed by atoms with Crippen LogP contribution >= 0.6 is 0 Å². The van der Waals surface area contributed by atoms with E-state index in [1.807, 2.05) is 47.4 Å². The summed E-state index contributed by atoms with van der Waals surface area (Å²) >= 11 is 0. The molecular formula is C28H33N7O2. The van der Waals surface area contributed by atoms with Gasteiger partial charge in [0.15, 0.2) is 0 Å². The number of piperazine rings is 1. The normalized spacial score (nSPS) is 16.6. The quantitative estimate of drug-likeness (QED) is 0.455. The second-order valence-electron chi connectivity index (χ2n) is 9.73. The van der Waals surface area contributed by atoms with Gasteiger partial charge < -0.3 is 26.2 Å². The highest BCUT2D eigenvalue weighted by Crippen LogP contribution is 2.29. The molecule has 1 aliphatic carbocycles. The van der Waals surface area contributed by atoms with E-state index in [9.17, 15) is 9.59 Å². The number of hydrogen-bond acceptors (Lipinski definition) is 7.